The van der Waals surface area contributed by atoms with Crippen LogP contribution in [0.1, 0.15) is 25.7 Å². The molecule has 1 aliphatic rings. The standard InChI is InChI=1S/C13H19ClN2O3S/c14-10-5-6-13(12(15)9-10)20(17,18)16-7-8-19-11-3-1-2-4-11/h5-6,9,11,16H,1-4,7-8,15H2. The first kappa shape index (κ1) is 15.6. The summed E-state index contributed by atoms with van der Waals surface area (Å²) in [6.07, 6.45) is 4.79. The van der Waals surface area contributed by atoms with Gasteiger partial charge in [-0.3, -0.25) is 0 Å². The Morgan fingerprint density at radius 3 is 2.70 bits per heavy atom. The van der Waals surface area contributed by atoms with Crippen LogP contribution in [0.15, 0.2) is 23.1 Å². The van der Waals surface area contributed by atoms with Crippen LogP contribution in [-0.4, -0.2) is 27.7 Å². The number of sulfonamides is 1. The third-order valence-electron chi connectivity index (χ3n) is 3.31. The second kappa shape index (κ2) is 6.76. The number of hydrogen-bond donors (Lipinski definition) is 2. The number of ether oxygens (including phenoxy) is 1. The summed E-state index contributed by atoms with van der Waals surface area (Å²) in [4.78, 5) is 0.0442. The van der Waals surface area contributed by atoms with E-state index in [2.05, 4.69) is 4.72 Å². The molecule has 1 aromatic rings. The van der Waals surface area contributed by atoms with Crippen LogP contribution >= 0.6 is 11.6 Å². The predicted octanol–water partition coefficient (Wildman–Crippen LogP) is 2.16. The first-order valence-electron chi connectivity index (χ1n) is 6.65. The van der Waals surface area contributed by atoms with E-state index in [1.807, 2.05) is 0 Å². The fourth-order valence-electron chi connectivity index (χ4n) is 2.30. The molecule has 0 saturated heterocycles. The molecular weight excluding hydrogens is 300 g/mol. The molecule has 7 heteroatoms. The summed E-state index contributed by atoms with van der Waals surface area (Å²) in [6.45, 7) is 0.609. The van der Waals surface area contributed by atoms with Crippen molar-refractivity contribution in [3.05, 3.63) is 23.2 Å². The Morgan fingerprint density at radius 2 is 2.05 bits per heavy atom. The number of halogens is 1. The zero-order valence-electron chi connectivity index (χ0n) is 11.1. The van der Waals surface area contributed by atoms with E-state index in [4.69, 9.17) is 22.1 Å². The zero-order chi connectivity index (χ0) is 14.6. The lowest BCUT2D eigenvalue weighted by molar-refractivity contribution is 0.0626. The Bertz CT molecular complexity index is 557. The van der Waals surface area contributed by atoms with E-state index in [0.29, 0.717) is 11.6 Å². The quantitative estimate of drug-likeness (QED) is 0.622. The van der Waals surface area contributed by atoms with E-state index in [0.717, 1.165) is 12.8 Å². The zero-order valence-corrected chi connectivity index (χ0v) is 12.7. The van der Waals surface area contributed by atoms with Crippen LogP contribution in [0, 0.1) is 0 Å². The Hall–Kier alpha value is -0.820. The minimum absolute atomic E-state index is 0.0442. The van der Waals surface area contributed by atoms with Gasteiger partial charge in [-0.05, 0) is 31.0 Å². The van der Waals surface area contributed by atoms with Crippen LogP contribution in [0.2, 0.25) is 5.02 Å². The molecule has 0 aromatic heterocycles. The van der Waals surface area contributed by atoms with Gasteiger partial charge in [0.25, 0.3) is 0 Å². The summed E-state index contributed by atoms with van der Waals surface area (Å²) in [6, 6.07) is 4.32. The van der Waals surface area contributed by atoms with E-state index in [1.54, 1.807) is 0 Å². The molecular formula is C13H19ClN2O3S. The maximum Gasteiger partial charge on any atom is 0.242 e. The van der Waals surface area contributed by atoms with Crippen LogP contribution in [0.3, 0.4) is 0 Å². The number of hydrogen-bond acceptors (Lipinski definition) is 4. The van der Waals surface area contributed by atoms with Gasteiger partial charge in [-0.25, -0.2) is 13.1 Å². The maximum absolute atomic E-state index is 12.1. The van der Waals surface area contributed by atoms with Crippen LogP contribution in [0.4, 0.5) is 5.69 Å². The minimum atomic E-state index is -3.62. The van der Waals surface area contributed by atoms with Crippen molar-refractivity contribution >= 4 is 27.3 Å². The van der Waals surface area contributed by atoms with Crippen molar-refractivity contribution in [3.63, 3.8) is 0 Å². The van der Waals surface area contributed by atoms with Crippen LogP contribution in [0.5, 0.6) is 0 Å². The van der Waals surface area contributed by atoms with E-state index >= 15 is 0 Å². The molecule has 2 rings (SSSR count). The van der Waals surface area contributed by atoms with Gasteiger partial charge in [0.2, 0.25) is 10.0 Å². The summed E-state index contributed by atoms with van der Waals surface area (Å²) in [7, 11) is -3.62. The summed E-state index contributed by atoms with van der Waals surface area (Å²) < 4.78 is 32.2. The molecule has 20 heavy (non-hydrogen) atoms. The number of anilines is 1. The van der Waals surface area contributed by atoms with Crippen molar-refractivity contribution in [2.24, 2.45) is 0 Å². The average Bonchev–Trinajstić information content (AvgIpc) is 2.87. The van der Waals surface area contributed by atoms with Gasteiger partial charge in [-0.15, -0.1) is 0 Å². The van der Waals surface area contributed by atoms with Gasteiger partial charge in [0, 0.05) is 11.6 Å². The Labute approximate surface area is 124 Å². The smallest absolute Gasteiger partial charge is 0.242 e. The molecule has 3 N–H and O–H groups in total. The fraction of sp³-hybridized carbons (Fsp3) is 0.538. The topological polar surface area (TPSA) is 81.4 Å². The van der Waals surface area contributed by atoms with E-state index in [-0.39, 0.29) is 23.2 Å². The molecule has 0 aliphatic heterocycles. The molecule has 112 valence electrons. The minimum Gasteiger partial charge on any atom is -0.398 e. The number of nitrogens with one attached hydrogen (secondary N) is 1. The fourth-order valence-corrected chi connectivity index (χ4v) is 3.60. The molecule has 0 bridgehead atoms. The van der Waals surface area contributed by atoms with E-state index in [9.17, 15) is 8.42 Å². The number of benzene rings is 1. The lowest BCUT2D eigenvalue weighted by Crippen LogP contribution is -2.29. The van der Waals surface area contributed by atoms with Crippen molar-refractivity contribution in [3.8, 4) is 0 Å². The maximum atomic E-state index is 12.1. The van der Waals surface area contributed by atoms with Crippen molar-refractivity contribution < 1.29 is 13.2 Å². The highest BCUT2D eigenvalue weighted by molar-refractivity contribution is 7.89. The number of nitrogens with two attached hydrogens (primary N) is 1. The molecule has 0 amide bonds. The van der Waals surface area contributed by atoms with E-state index in [1.165, 1.54) is 31.0 Å². The molecule has 0 heterocycles. The first-order chi connectivity index (χ1) is 9.49. The second-order valence-electron chi connectivity index (χ2n) is 4.86. The highest BCUT2D eigenvalue weighted by Crippen LogP contribution is 2.22. The third-order valence-corrected chi connectivity index (χ3v) is 5.08. The van der Waals surface area contributed by atoms with Crippen molar-refractivity contribution in [2.75, 3.05) is 18.9 Å². The summed E-state index contributed by atoms with van der Waals surface area (Å²) in [5.74, 6) is 0. The molecule has 5 nitrogen and oxygen atoms in total. The molecule has 1 saturated carbocycles. The van der Waals surface area contributed by atoms with Gasteiger partial charge in [-0.1, -0.05) is 24.4 Å². The van der Waals surface area contributed by atoms with Crippen molar-refractivity contribution in [1.29, 1.82) is 0 Å². The number of rotatable bonds is 6. The monoisotopic (exact) mass is 318 g/mol. The first-order valence-corrected chi connectivity index (χ1v) is 8.51. The molecule has 0 spiro atoms. The molecule has 1 fully saturated rings. The van der Waals surface area contributed by atoms with Crippen LogP contribution < -0.4 is 10.5 Å². The highest BCUT2D eigenvalue weighted by atomic mass is 35.5. The van der Waals surface area contributed by atoms with Gasteiger partial charge in [0.15, 0.2) is 0 Å². The van der Waals surface area contributed by atoms with Crippen LogP contribution in [0.25, 0.3) is 0 Å². The number of nitrogen functional groups attached to an aromatic ring is 1. The average molecular weight is 319 g/mol. The van der Waals surface area contributed by atoms with Gasteiger partial charge >= 0.3 is 0 Å². The molecule has 1 aliphatic carbocycles. The van der Waals surface area contributed by atoms with Gasteiger partial charge in [0.05, 0.1) is 18.4 Å². The SMILES string of the molecule is Nc1cc(Cl)ccc1S(=O)(=O)NCCOC1CCCC1. The second-order valence-corrected chi connectivity index (χ2v) is 7.03. The van der Waals surface area contributed by atoms with E-state index < -0.39 is 10.0 Å². The van der Waals surface area contributed by atoms with Gasteiger partial charge < -0.3 is 10.5 Å². The normalized spacial score (nSPS) is 16.6. The largest absolute Gasteiger partial charge is 0.398 e. The summed E-state index contributed by atoms with van der Waals surface area (Å²) in [5, 5.41) is 0.408. The molecule has 0 atom stereocenters. The summed E-state index contributed by atoms with van der Waals surface area (Å²) >= 11 is 5.75. The van der Waals surface area contributed by atoms with Crippen molar-refractivity contribution in [2.45, 2.75) is 36.7 Å². The molecule has 0 radical (unpaired) electrons. The molecule has 0 unspecified atom stereocenters. The van der Waals surface area contributed by atoms with Gasteiger partial charge in [0.1, 0.15) is 4.90 Å². The molecule has 1 aromatic carbocycles. The Morgan fingerprint density at radius 1 is 1.35 bits per heavy atom. The lowest BCUT2D eigenvalue weighted by atomic mass is 10.3. The van der Waals surface area contributed by atoms with Crippen molar-refractivity contribution in [1.82, 2.24) is 4.72 Å². The third kappa shape index (κ3) is 4.09. The highest BCUT2D eigenvalue weighted by Gasteiger charge is 2.18. The lowest BCUT2D eigenvalue weighted by Gasteiger charge is -2.12. The summed E-state index contributed by atoms with van der Waals surface area (Å²) in [5.41, 5.74) is 5.82. The Balaban J connectivity index is 1.87. The van der Waals surface area contributed by atoms with Crippen LogP contribution in [-0.2, 0) is 14.8 Å². The van der Waals surface area contributed by atoms with Gasteiger partial charge in [-0.2, -0.15) is 0 Å². The predicted molar refractivity (Wildman–Crippen MR) is 79.3 cm³/mol. The Kier molecular flexibility index (Phi) is 5.26.